The molecule has 2 aromatic carbocycles. The number of carbonyl (C=O) groups is 2. The molecule has 1 spiro atoms. The average Bonchev–Trinajstić information content (AvgIpc) is 2.87. The molecule has 0 saturated carbocycles. The van der Waals surface area contributed by atoms with Gasteiger partial charge in [0, 0.05) is 11.6 Å². The maximum atomic E-state index is 13.2. The predicted octanol–water partition coefficient (Wildman–Crippen LogP) is 3.65. The second-order valence-corrected chi connectivity index (χ2v) is 7.54. The van der Waals surface area contributed by atoms with Gasteiger partial charge in [0.05, 0.1) is 6.61 Å². The van der Waals surface area contributed by atoms with Crippen molar-refractivity contribution in [3.8, 4) is 11.1 Å². The van der Waals surface area contributed by atoms with Gasteiger partial charge in [-0.15, -0.1) is 0 Å². The summed E-state index contributed by atoms with van der Waals surface area (Å²) in [6.07, 6.45) is 1.42. The SMILES string of the molecule is Cc1ccc(-c2ccc(Cl)cc2)cc1C1C(=O)NC2(CCCOC2)C1=O. The van der Waals surface area contributed by atoms with Gasteiger partial charge in [0.1, 0.15) is 11.5 Å². The van der Waals surface area contributed by atoms with Gasteiger partial charge in [0.15, 0.2) is 5.78 Å². The third kappa shape index (κ3) is 2.83. The molecule has 1 N–H and O–H groups in total. The van der Waals surface area contributed by atoms with E-state index in [4.69, 9.17) is 16.3 Å². The molecule has 2 unspecified atom stereocenters. The highest BCUT2D eigenvalue weighted by Gasteiger charge is 2.54. The first-order chi connectivity index (χ1) is 12.5. The molecule has 0 aliphatic carbocycles. The van der Waals surface area contributed by atoms with Crippen molar-refractivity contribution in [3.63, 3.8) is 0 Å². The van der Waals surface area contributed by atoms with Crippen LogP contribution in [0.3, 0.4) is 0 Å². The van der Waals surface area contributed by atoms with Crippen LogP contribution in [-0.2, 0) is 14.3 Å². The molecular formula is C21H20ClNO3. The number of nitrogens with one attached hydrogen (secondary N) is 1. The Kier molecular flexibility index (Phi) is 4.33. The van der Waals surface area contributed by atoms with Crippen LogP contribution in [0.5, 0.6) is 0 Å². The van der Waals surface area contributed by atoms with E-state index in [0.29, 0.717) is 18.1 Å². The average molecular weight is 370 g/mol. The van der Waals surface area contributed by atoms with E-state index in [1.165, 1.54) is 0 Å². The van der Waals surface area contributed by atoms with Crippen LogP contribution in [0.4, 0.5) is 0 Å². The van der Waals surface area contributed by atoms with Crippen LogP contribution in [0, 0.1) is 6.92 Å². The first kappa shape index (κ1) is 17.3. The van der Waals surface area contributed by atoms with Crippen LogP contribution < -0.4 is 5.32 Å². The van der Waals surface area contributed by atoms with Crippen molar-refractivity contribution >= 4 is 23.3 Å². The van der Waals surface area contributed by atoms with E-state index in [2.05, 4.69) is 5.32 Å². The lowest BCUT2D eigenvalue weighted by Crippen LogP contribution is -2.52. The van der Waals surface area contributed by atoms with Gasteiger partial charge in [-0.1, -0.05) is 35.9 Å². The first-order valence-electron chi connectivity index (χ1n) is 8.81. The number of benzene rings is 2. The molecule has 2 aromatic rings. The summed E-state index contributed by atoms with van der Waals surface area (Å²) in [6, 6.07) is 13.4. The number of rotatable bonds is 2. The summed E-state index contributed by atoms with van der Waals surface area (Å²) >= 11 is 5.97. The fraction of sp³-hybridized carbons (Fsp3) is 0.333. The maximum Gasteiger partial charge on any atom is 0.236 e. The monoisotopic (exact) mass is 369 g/mol. The second-order valence-electron chi connectivity index (χ2n) is 7.10. The van der Waals surface area contributed by atoms with Gasteiger partial charge in [-0.25, -0.2) is 0 Å². The zero-order valence-electron chi connectivity index (χ0n) is 14.5. The van der Waals surface area contributed by atoms with E-state index in [9.17, 15) is 9.59 Å². The number of hydrogen-bond donors (Lipinski definition) is 1. The Bertz CT molecular complexity index is 869. The molecular weight excluding hydrogens is 350 g/mol. The van der Waals surface area contributed by atoms with Crippen molar-refractivity contribution in [2.24, 2.45) is 0 Å². The highest BCUT2D eigenvalue weighted by atomic mass is 35.5. The van der Waals surface area contributed by atoms with Gasteiger partial charge in [0.25, 0.3) is 0 Å². The van der Waals surface area contributed by atoms with Crippen LogP contribution in [0.15, 0.2) is 42.5 Å². The van der Waals surface area contributed by atoms with Crippen LogP contribution >= 0.6 is 11.6 Å². The molecule has 2 saturated heterocycles. The second kappa shape index (κ2) is 6.53. The number of ketones is 1. The molecule has 2 aliphatic rings. The summed E-state index contributed by atoms with van der Waals surface area (Å²) in [5, 5.41) is 3.60. The lowest BCUT2D eigenvalue weighted by atomic mass is 9.82. The lowest BCUT2D eigenvalue weighted by Gasteiger charge is -2.31. The molecule has 4 rings (SSSR count). The highest BCUT2D eigenvalue weighted by molar-refractivity contribution is 6.30. The Hall–Kier alpha value is -2.17. The molecule has 5 heteroatoms. The number of aryl methyl sites for hydroxylation is 1. The number of Topliss-reactive ketones (excluding diaryl/α,β-unsaturated/α-hetero) is 1. The van der Waals surface area contributed by atoms with E-state index in [-0.39, 0.29) is 18.3 Å². The molecule has 1 amide bonds. The van der Waals surface area contributed by atoms with Gasteiger partial charge in [-0.3, -0.25) is 9.59 Å². The molecule has 2 fully saturated rings. The number of ether oxygens (including phenoxy) is 1. The highest BCUT2D eigenvalue weighted by Crippen LogP contribution is 2.37. The fourth-order valence-electron chi connectivity index (χ4n) is 3.91. The van der Waals surface area contributed by atoms with E-state index >= 15 is 0 Å². The maximum absolute atomic E-state index is 13.2. The summed E-state index contributed by atoms with van der Waals surface area (Å²) < 4.78 is 5.50. The van der Waals surface area contributed by atoms with Gasteiger partial charge >= 0.3 is 0 Å². The van der Waals surface area contributed by atoms with E-state index in [1.54, 1.807) is 0 Å². The predicted molar refractivity (Wildman–Crippen MR) is 100 cm³/mol. The van der Waals surface area contributed by atoms with E-state index in [0.717, 1.165) is 28.7 Å². The van der Waals surface area contributed by atoms with Gasteiger partial charge < -0.3 is 10.1 Å². The normalized spacial score (nSPS) is 25.5. The Morgan fingerprint density at radius 1 is 1.12 bits per heavy atom. The number of hydrogen-bond acceptors (Lipinski definition) is 3. The molecule has 26 heavy (non-hydrogen) atoms. The smallest absolute Gasteiger partial charge is 0.236 e. The van der Waals surface area contributed by atoms with Crippen LogP contribution in [0.1, 0.15) is 29.9 Å². The number of amides is 1. The summed E-state index contributed by atoms with van der Waals surface area (Å²) in [4.78, 5) is 25.9. The van der Waals surface area contributed by atoms with Crippen molar-refractivity contribution in [1.29, 1.82) is 0 Å². The Labute approximate surface area is 157 Å². The van der Waals surface area contributed by atoms with Crippen LogP contribution in [-0.4, -0.2) is 30.4 Å². The largest absolute Gasteiger partial charge is 0.379 e. The van der Waals surface area contributed by atoms with Crippen LogP contribution in [0.25, 0.3) is 11.1 Å². The molecule has 134 valence electrons. The summed E-state index contributed by atoms with van der Waals surface area (Å²) in [5.41, 5.74) is 2.80. The Morgan fingerprint density at radius 3 is 2.54 bits per heavy atom. The van der Waals surface area contributed by atoms with Crippen molar-refractivity contribution in [2.75, 3.05) is 13.2 Å². The number of carbonyl (C=O) groups excluding carboxylic acids is 2. The molecule has 0 aromatic heterocycles. The van der Waals surface area contributed by atoms with Crippen LogP contribution in [0.2, 0.25) is 5.02 Å². The minimum atomic E-state index is -0.858. The minimum Gasteiger partial charge on any atom is -0.379 e. The summed E-state index contributed by atoms with van der Waals surface area (Å²) in [5.74, 6) is -1.07. The fourth-order valence-corrected chi connectivity index (χ4v) is 4.03. The standard InChI is InChI=1S/C21H20ClNO3/c1-13-3-4-15(14-5-7-16(22)8-6-14)11-17(13)18-19(24)21(23-20(18)25)9-2-10-26-12-21/h3-8,11,18H,2,9-10,12H2,1H3,(H,23,25). The summed E-state index contributed by atoms with van der Waals surface area (Å²) in [6.45, 7) is 2.84. The summed E-state index contributed by atoms with van der Waals surface area (Å²) in [7, 11) is 0. The van der Waals surface area contributed by atoms with Gasteiger partial charge in [-0.05, 0) is 60.2 Å². The van der Waals surface area contributed by atoms with Crippen molar-refractivity contribution in [3.05, 3.63) is 58.6 Å². The Morgan fingerprint density at radius 2 is 1.85 bits per heavy atom. The zero-order valence-corrected chi connectivity index (χ0v) is 15.3. The van der Waals surface area contributed by atoms with Gasteiger partial charge in [-0.2, -0.15) is 0 Å². The zero-order chi connectivity index (χ0) is 18.3. The number of halogens is 1. The molecule has 2 heterocycles. The van der Waals surface area contributed by atoms with Crippen molar-refractivity contribution in [2.45, 2.75) is 31.2 Å². The third-order valence-corrected chi connectivity index (χ3v) is 5.62. The topological polar surface area (TPSA) is 55.4 Å². The quantitative estimate of drug-likeness (QED) is 0.822. The molecule has 0 radical (unpaired) electrons. The van der Waals surface area contributed by atoms with E-state index < -0.39 is 11.5 Å². The van der Waals surface area contributed by atoms with Gasteiger partial charge in [0.2, 0.25) is 5.91 Å². The van der Waals surface area contributed by atoms with Crippen molar-refractivity contribution in [1.82, 2.24) is 5.32 Å². The lowest BCUT2D eigenvalue weighted by molar-refractivity contribution is -0.128. The molecule has 4 nitrogen and oxygen atoms in total. The molecule has 2 atom stereocenters. The Balaban J connectivity index is 1.73. The molecule has 2 aliphatic heterocycles. The minimum absolute atomic E-state index is 0.0708. The third-order valence-electron chi connectivity index (χ3n) is 5.37. The first-order valence-corrected chi connectivity index (χ1v) is 9.19. The molecule has 0 bridgehead atoms. The van der Waals surface area contributed by atoms with E-state index in [1.807, 2.05) is 49.4 Å². The van der Waals surface area contributed by atoms with Crippen molar-refractivity contribution < 1.29 is 14.3 Å².